The van der Waals surface area contributed by atoms with Crippen molar-refractivity contribution in [1.82, 2.24) is 5.73 Å². The van der Waals surface area contributed by atoms with Crippen molar-refractivity contribution in [3.05, 3.63) is 28.8 Å². The molecule has 20 heavy (non-hydrogen) atoms. The Labute approximate surface area is 120 Å². The summed E-state index contributed by atoms with van der Waals surface area (Å²) < 4.78 is 4.75. The molecule has 4 heteroatoms. The van der Waals surface area contributed by atoms with Crippen LogP contribution in [0.3, 0.4) is 0 Å². The lowest BCUT2D eigenvalue weighted by molar-refractivity contribution is 0.148. The van der Waals surface area contributed by atoms with Crippen molar-refractivity contribution in [2.45, 2.75) is 59.0 Å². The molecule has 1 rings (SSSR count). The van der Waals surface area contributed by atoms with E-state index in [0.717, 1.165) is 16.7 Å². The number of hydrogen-bond donors (Lipinski definition) is 1. The van der Waals surface area contributed by atoms with Crippen LogP contribution < -0.4 is 5.73 Å². The summed E-state index contributed by atoms with van der Waals surface area (Å²) >= 11 is 0. The van der Waals surface area contributed by atoms with Gasteiger partial charge in [-0.25, -0.2) is 10.5 Å². The van der Waals surface area contributed by atoms with Gasteiger partial charge in [0.25, 0.3) is 0 Å². The molecule has 0 aliphatic carbocycles. The maximum atomic E-state index is 10.6. The highest BCUT2D eigenvalue weighted by Crippen LogP contribution is 2.39. The molecule has 1 amide bonds. The molecule has 0 aromatic heterocycles. The fourth-order valence-electron chi connectivity index (χ4n) is 2.07. The number of hydrogen-bond acceptors (Lipinski definition) is 3. The first-order valence-electron chi connectivity index (χ1n) is 6.68. The second-order valence-corrected chi connectivity index (χ2v) is 7.12. The molecule has 0 heterocycles. The summed E-state index contributed by atoms with van der Waals surface area (Å²) in [7, 11) is 0. The van der Waals surface area contributed by atoms with Crippen molar-refractivity contribution in [3.63, 3.8) is 0 Å². The number of ether oxygens (including phenoxy) is 1. The highest BCUT2D eigenvalue weighted by molar-refractivity contribution is 5.63. The van der Waals surface area contributed by atoms with E-state index in [1.807, 2.05) is 53.7 Å². The topological polar surface area (TPSA) is 70.3 Å². The van der Waals surface area contributed by atoms with Gasteiger partial charge in [-0.1, -0.05) is 41.5 Å². The molecule has 2 N–H and O–H groups in total. The van der Waals surface area contributed by atoms with Gasteiger partial charge in [-0.3, -0.25) is 0 Å². The Bertz CT molecular complexity index is 472. The predicted molar refractivity (Wildman–Crippen MR) is 78.8 cm³/mol. The van der Waals surface area contributed by atoms with Crippen LogP contribution in [0.5, 0.6) is 5.75 Å². The Morgan fingerprint density at radius 2 is 1.50 bits per heavy atom. The van der Waals surface area contributed by atoms with Gasteiger partial charge in [0, 0.05) is 0 Å². The molecule has 111 valence electrons. The molecule has 0 fully saturated rings. The summed E-state index contributed by atoms with van der Waals surface area (Å²) in [6.45, 7) is 12.2. The molecule has 1 aromatic rings. The van der Waals surface area contributed by atoms with Crippen molar-refractivity contribution in [3.8, 4) is 5.75 Å². The quantitative estimate of drug-likeness (QED) is 0.891. The third-order valence-electron chi connectivity index (χ3n) is 3.16. The van der Waals surface area contributed by atoms with Crippen molar-refractivity contribution in [1.29, 1.82) is 0 Å². The number of phenolic OH excluding ortho intramolecular Hbond substituents is 1. The van der Waals surface area contributed by atoms with E-state index >= 15 is 0 Å². The van der Waals surface area contributed by atoms with E-state index in [1.165, 1.54) is 0 Å². The van der Waals surface area contributed by atoms with Crippen LogP contribution in [0, 0.1) is 0 Å². The van der Waals surface area contributed by atoms with Gasteiger partial charge in [-0.15, -0.1) is 0 Å². The number of aromatic hydroxyl groups is 1. The first-order valence-corrected chi connectivity index (χ1v) is 6.68. The van der Waals surface area contributed by atoms with Crippen molar-refractivity contribution >= 4 is 6.09 Å². The van der Waals surface area contributed by atoms with E-state index < -0.39 is 6.09 Å². The lowest BCUT2D eigenvalue weighted by Gasteiger charge is -2.28. The van der Waals surface area contributed by atoms with Crippen LogP contribution in [-0.4, -0.2) is 11.2 Å². The Morgan fingerprint density at radius 1 is 1.10 bits per heavy atom. The van der Waals surface area contributed by atoms with E-state index in [9.17, 15) is 9.90 Å². The van der Waals surface area contributed by atoms with E-state index in [4.69, 9.17) is 10.5 Å². The van der Waals surface area contributed by atoms with Gasteiger partial charge in [0.15, 0.2) is 0 Å². The molecule has 0 unspecified atom stereocenters. The second kappa shape index (κ2) is 5.35. The van der Waals surface area contributed by atoms with E-state index in [-0.39, 0.29) is 17.4 Å². The molecular weight excluding hydrogens is 254 g/mol. The molecule has 1 radical (unpaired) electrons. The standard InChI is InChI=1S/C16H24NO3/c1-15(2,3)11-7-10(9-20-14(17)19)8-12(13(11)18)16(4,5)6/h7-8,17-18H,9H2,1-6H3. The first-order chi connectivity index (χ1) is 8.93. The Balaban J connectivity index is 3.38. The van der Waals surface area contributed by atoms with Gasteiger partial charge in [0.1, 0.15) is 12.4 Å². The van der Waals surface area contributed by atoms with Crippen LogP contribution in [0.25, 0.3) is 0 Å². The molecule has 4 nitrogen and oxygen atoms in total. The Hall–Kier alpha value is -1.71. The van der Waals surface area contributed by atoms with Gasteiger partial charge in [0.2, 0.25) is 0 Å². The number of carbonyl (C=O) groups is 1. The number of nitrogens with one attached hydrogen (secondary N) is 1. The maximum Gasteiger partial charge on any atom is 0.426 e. The largest absolute Gasteiger partial charge is 0.507 e. The lowest BCUT2D eigenvalue weighted by atomic mass is 9.78. The molecule has 1 aromatic carbocycles. The molecule has 0 aliphatic heterocycles. The molecule has 0 saturated heterocycles. The highest BCUT2D eigenvalue weighted by Gasteiger charge is 2.26. The van der Waals surface area contributed by atoms with Gasteiger partial charge in [-0.05, 0) is 39.7 Å². The maximum absolute atomic E-state index is 10.6. The summed E-state index contributed by atoms with van der Waals surface area (Å²) in [4.78, 5) is 10.6. The number of amides is 1. The number of benzene rings is 1. The third kappa shape index (κ3) is 3.89. The normalized spacial score (nSPS) is 12.3. The van der Waals surface area contributed by atoms with Crippen LogP contribution >= 0.6 is 0 Å². The minimum Gasteiger partial charge on any atom is -0.507 e. The average molecular weight is 278 g/mol. The minimum absolute atomic E-state index is 0.0504. The van der Waals surface area contributed by atoms with Crippen molar-refractivity contribution < 1.29 is 14.6 Å². The summed E-state index contributed by atoms with van der Waals surface area (Å²) in [6, 6.07) is 3.68. The molecule has 0 bridgehead atoms. The Morgan fingerprint density at radius 3 is 1.80 bits per heavy atom. The highest BCUT2D eigenvalue weighted by atomic mass is 16.5. The number of rotatable bonds is 2. The van der Waals surface area contributed by atoms with Crippen LogP contribution in [0.4, 0.5) is 4.79 Å². The van der Waals surface area contributed by atoms with Gasteiger partial charge >= 0.3 is 6.09 Å². The van der Waals surface area contributed by atoms with E-state index in [0.29, 0.717) is 5.75 Å². The monoisotopic (exact) mass is 278 g/mol. The van der Waals surface area contributed by atoms with Gasteiger partial charge < -0.3 is 9.84 Å². The number of phenols is 1. The van der Waals surface area contributed by atoms with Gasteiger partial charge in [-0.2, -0.15) is 0 Å². The summed E-state index contributed by atoms with van der Waals surface area (Å²) in [5, 5.41) is 10.5. The lowest BCUT2D eigenvalue weighted by Crippen LogP contribution is -2.18. The molecule has 0 atom stereocenters. The smallest absolute Gasteiger partial charge is 0.426 e. The van der Waals surface area contributed by atoms with Crippen LogP contribution in [-0.2, 0) is 22.2 Å². The van der Waals surface area contributed by atoms with Crippen LogP contribution in [0.15, 0.2) is 12.1 Å². The molecule has 0 saturated carbocycles. The van der Waals surface area contributed by atoms with E-state index in [1.54, 1.807) is 0 Å². The zero-order valence-corrected chi connectivity index (χ0v) is 13.1. The van der Waals surface area contributed by atoms with Crippen LogP contribution in [0.2, 0.25) is 0 Å². The van der Waals surface area contributed by atoms with E-state index in [2.05, 4.69) is 0 Å². The van der Waals surface area contributed by atoms with Crippen LogP contribution in [0.1, 0.15) is 58.2 Å². The van der Waals surface area contributed by atoms with Crippen molar-refractivity contribution in [2.24, 2.45) is 0 Å². The molecule has 0 aliphatic rings. The Kier molecular flexibility index (Phi) is 4.37. The summed E-state index contributed by atoms with van der Waals surface area (Å²) in [5.74, 6) is 0.297. The fraction of sp³-hybridized carbons (Fsp3) is 0.562. The zero-order valence-electron chi connectivity index (χ0n) is 13.1. The second-order valence-electron chi connectivity index (χ2n) is 7.12. The van der Waals surface area contributed by atoms with Gasteiger partial charge in [0.05, 0.1) is 0 Å². The fourth-order valence-corrected chi connectivity index (χ4v) is 2.07. The average Bonchev–Trinajstić information content (AvgIpc) is 2.24. The van der Waals surface area contributed by atoms with Crippen molar-refractivity contribution in [2.75, 3.05) is 0 Å². The summed E-state index contributed by atoms with van der Waals surface area (Å²) in [5.41, 5.74) is 8.81. The molecule has 0 spiro atoms. The first kappa shape index (κ1) is 16.3. The number of carbonyl (C=O) groups excluding carboxylic acids is 1. The summed E-state index contributed by atoms with van der Waals surface area (Å²) in [6.07, 6.45) is -1.05. The zero-order chi connectivity index (χ0) is 15.7. The SMILES string of the molecule is CC(C)(C)c1cc(COC([NH])=O)cc(C(C)(C)C)c1O. The third-order valence-corrected chi connectivity index (χ3v) is 3.16. The predicted octanol–water partition coefficient (Wildman–Crippen LogP) is 3.91. The minimum atomic E-state index is -1.05. The molecular formula is C16H24NO3.